The highest BCUT2D eigenvalue weighted by Gasteiger charge is 2.21. The van der Waals surface area contributed by atoms with Crippen molar-refractivity contribution in [1.82, 2.24) is 24.4 Å². The van der Waals surface area contributed by atoms with Gasteiger partial charge in [0.05, 0.1) is 6.33 Å². The molecule has 3 N–H and O–H groups in total. The lowest BCUT2D eigenvalue weighted by atomic mass is 10.2. The van der Waals surface area contributed by atoms with Gasteiger partial charge in [0.2, 0.25) is 11.9 Å². The molecule has 0 bridgehead atoms. The number of benzene rings is 2. The van der Waals surface area contributed by atoms with Crippen LogP contribution in [0.4, 0.5) is 21.4 Å². The second-order valence-electron chi connectivity index (χ2n) is 10.8. The van der Waals surface area contributed by atoms with Crippen molar-refractivity contribution >= 4 is 52.7 Å². The molecule has 2 heterocycles. The van der Waals surface area contributed by atoms with Gasteiger partial charge in [-0.25, -0.2) is 14.6 Å². The van der Waals surface area contributed by atoms with E-state index in [0.29, 0.717) is 31.5 Å². The normalized spacial score (nSPS) is 11.2. The molecule has 0 aliphatic carbocycles. The summed E-state index contributed by atoms with van der Waals surface area (Å²) in [5, 5.41) is 15.0. The van der Waals surface area contributed by atoms with Crippen molar-refractivity contribution in [1.29, 1.82) is 0 Å². The summed E-state index contributed by atoms with van der Waals surface area (Å²) in [5.74, 6) is -1.35. The summed E-state index contributed by atoms with van der Waals surface area (Å²) in [6, 6.07) is 18.5. The fourth-order valence-corrected chi connectivity index (χ4v) is 4.56. The number of rotatable bonds is 16. The second-order valence-corrected chi connectivity index (χ2v) is 10.8. The first-order chi connectivity index (χ1) is 23.2. The Morgan fingerprint density at radius 3 is 2.27 bits per heavy atom. The molecule has 48 heavy (non-hydrogen) atoms. The number of hydrogen-bond acceptors (Lipinski definition) is 10. The molecule has 0 fully saturated rings. The summed E-state index contributed by atoms with van der Waals surface area (Å²) in [5.41, 5.74) is 2.70. The van der Waals surface area contributed by atoms with Gasteiger partial charge in [-0.2, -0.15) is 15.0 Å². The molecule has 0 saturated carbocycles. The van der Waals surface area contributed by atoms with E-state index in [1.54, 1.807) is 6.92 Å². The second kappa shape index (κ2) is 17.7. The molecule has 2 aromatic heterocycles. The van der Waals surface area contributed by atoms with Crippen LogP contribution in [0, 0.1) is 0 Å². The van der Waals surface area contributed by atoms with Gasteiger partial charge in [0.1, 0.15) is 26.3 Å². The van der Waals surface area contributed by atoms with Gasteiger partial charge in [-0.05, 0) is 37.3 Å². The lowest BCUT2D eigenvalue weighted by molar-refractivity contribution is -0.144. The molecule has 0 aliphatic rings. The number of nitrogens with one attached hydrogen (secondary N) is 2. The minimum Gasteiger partial charge on any atom is -0.480 e. The maximum absolute atomic E-state index is 13.0. The van der Waals surface area contributed by atoms with Gasteiger partial charge in [-0.15, -0.1) is 0 Å². The Morgan fingerprint density at radius 1 is 0.958 bits per heavy atom. The number of anilines is 2. The summed E-state index contributed by atoms with van der Waals surface area (Å²) in [6.07, 6.45) is 1.56. The van der Waals surface area contributed by atoms with Gasteiger partial charge in [0.25, 0.3) is 0 Å². The Kier molecular flexibility index (Phi) is 12.9. The number of imidazole rings is 1. The lowest BCUT2D eigenvalue weighted by Gasteiger charge is -2.20. The van der Waals surface area contributed by atoms with Crippen LogP contribution in [0.3, 0.4) is 0 Å². The fraction of sp³-hybridized carbons (Fsp3) is 0.333. The third-order valence-corrected chi connectivity index (χ3v) is 6.86. The van der Waals surface area contributed by atoms with Crippen molar-refractivity contribution in [2.45, 2.75) is 52.9 Å². The van der Waals surface area contributed by atoms with Crippen LogP contribution in [0.25, 0.3) is 11.2 Å². The number of nitrogens with zero attached hydrogens (tertiary/aromatic N) is 6. The zero-order valence-electron chi connectivity index (χ0n) is 26.8. The fourth-order valence-electron chi connectivity index (χ4n) is 4.56. The number of aromatic nitrogens is 4. The number of aliphatic imine (C=N–C) groups is 1. The summed E-state index contributed by atoms with van der Waals surface area (Å²) in [7, 11) is 0. The highest BCUT2D eigenvalue weighted by molar-refractivity contribution is 5.95. The third kappa shape index (κ3) is 10.9. The molecule has 4 rings (SSSR count). The molecule has 252 valence electrons. The Bertz CT molecular complexity index is 1730. The van der Waals surface area contributed by atoms with E-state index in [4.69, 9.17) is 9.47 Å². The van der Waals surface area contributed by atoms with Gasteiger partial charge in [0.15, 0.2) is 17.0 Å². The molecular weight excluding hydrogens is 620 g/mol. The first-order valence-electron chi connectivity index (χ1n) is 15.4. The van der Waals surface area contributed by atoms with Crippen molar-refractivity contribution < 1.29 is 33.8 Å². The monoisotopic (exact) mass is 658 g/mol. The largest absolute Gasteiger partial charge is 0.480 e. The Labute approximate surface area is 277 Å². The van der Waals surface area contributed by atoms with E-state index in [1.807, 2.05) is 67.6 Å². The molecule has 0 atom stereocenters. The Balaban J connectivity index is 1.44. The highest BCUT2D eigenvalue weighted by Crippen LogP contribution is 2.22. The molecule has 3 amide bonds. The van der Waals surface area contributed by atoms with E-state index >= 15 is 0 Å². The highest BCUT2D eigenvalue weighted by atomic mass is 16.6. The summed E-state index contributed by atoms with van der Waals surface area (Å²) in [6.45, 7) is 3.73. The number of aliphatic carboxylic acids is 1. The summed E-state index contributed by atoms with van der Waals surface area (Å²) < 4.78 is 12.0. The van der Waals surface area contributed by atoms with Crippen LogP contribution >= 0.6 is 0 Å². The van der Waals surface area contributed by atoms with Crippen LogP contribution in [0.15, 0.2) is 72.0 Å². The summed E-state index contributed by atoms with van der Waals surface area (Å²) in [4.78, 5) is 67.7. The van der Waals surface area contributed by atoms with Crippen LogP contribution in [0.5, 0.6) is 0 Å². The van der Waals surface area contributed by atoms with Crippen LogP contribution < -0.4 is 10.6 Å². The van der Waals surface area contributed by atoms with Crippen molar-refractivity contribution in [2.75, 3.05) is 30.3 Å². The first-order valence-corrected chi connectivity index (χ1v) is 15.4. The molecule has 4 aromatic rings. The molecule has 0 radical (unpaired) electrons. The van der Waals surface area contributed by atoms with Gasteiger partial charge in [0, 0.05) is 18.8 Å². The van der Waals surface area contributed by atoms with Crippen LogP contribution in [0.2, 0.25) is 0 Å². The zero-order valence-corrected chi connectivity index (χ0v) is 26.8. The predicted octanol–water partition coefficient (Wildman–Crippen LogP) is 4.89. The lowest BCUT2D eigenvalue weighted by Crippen LogP contribution is -2.38. The minimum absolute atomic E-state index is 0.0342. The van der Waals surface area contributed by atoms with Crippen LogP contribution in [0.1, 0.15) is 44.2 Å². The smallest absolute Gasteiger partial charge is 0.433 e. The standard InChI is InChI=1S/C33H38N8O7/c1-3-17-40(19-27(43)44)26(42)18-41-22-35-28-29(38-33(46)48-21-25-14-8-5-9-15-25)37-31(39-30(28)41)34-16-10-11-23(2)36-32(45)47-20-24-12-6-4-7-13-24/h4-9,12-15,22H,3,10-11,16-21H2,1-2H3,(H,43,44)(H2,34,37,38,39,46). The Hall–Kier alpha value is -5.86. The van der Waals surface area contributed by atoms with Gasteiger partial charge < -0.3 is 29.4 Å². The Morgan fingerprint density at radius 2 is 1.62 bits per heavy atom. The van der Waals surface area contributed by atoms with E-state index < -0.39 is 30.6 Å². The number of ether oxygens (including phenoxy) is 2. The number of fused-ring (bicyclic) bond motifs is 1. The quantitative estimate of drug-likeness (QED) is 0.110. The molecule has 2 aromatic carbocycles. The maximum atomic E-state index is 13.0. The molecular formula is C33H38N8O7. The summed E-state index contributed by atoms with van der Waals surface area (Å²) >= 11 is 0. The molecule has 15 nitrogen and oxygen atoms in total. The number of carboxylic acids is 1. The van der Waals surface area contributed by atoms with Crippen LogP contribution in [-0.2, 0) is 38.8 Å². The maximum Gasteiger partial charge on any atom is 0.433 e. The van der Waals surface area contributed by atoms with Crippen molar-refractivity contribution in [3.63, 3.8) is 0 Å². The van der Waals surface area contributed by atoms with E-state index in [0.717, 1.165) is 11.1 Å². The molecule has 0 spiro atoms. The van der Waals surface area contributed by atoms with Gasteiger partial charge in [-0.3, -0.25) is 14.9 Å². The zero-order chi connectivity index (χ0) is 34.3. The van der Waals surface area contributed by atoms with Crippen molar-refractivity contribution in [3.05, 3.63) is 78.1 Å². The topological polar surface area (TPSA) is 190 Å². The average molecular weight is 659 g/mol. The van der Waals surface area contributed by atoms with Gasteiger partial charge in [-0.1, -0.05) is 67.6 Å². The molecule has 0 unspecified atom stereocenters. The molecule has 0 aliphatic heterocycles. The predicted molar refractivity (Wildman–Crippen MR) is 178 cm³/mol. The SMILES string of the molecule is CCCN(CC(=O)O)C(=O)Cn1cnc2c(NC(=O)OCc3ccccc3)nc(NCCCC(C)=NC(=O)OCc3ccccc3)nc21. The third-order valence-electron chi connectivity index (χ3n) is 6.86. The minimum atomic E-state index is -1.12. The van der Waals surface area contributed by atoms with E-state index in [1.165, 1.54) is 15.8 Å². The van der Waals surface area contributed by atoms with Crippen molar-refractivity contribution in [2.24, 2.45) is 4.99 Å². The van der Waals surface area contributed by atoms with E-state index in [-0.39, 0.29) is 49.2 Å². The number of hydrogen-bond donors (Lipinski definition) is 3. The number of amides is 3. The molecule has 0 saturated heterocycles. The number of carbonyl (C=O) groups is 4. The number of carbonyl (C=O) groups excluding carboxylic acids is 3. The van der Waals surface area contributed by atoms with Gasteiger partial charge >= 0.3 is 18.2 Å². The van der Waals surface area contributed by atoms with Crippen molar-refractivity contribution in [3.8, 4) is 0 Å². The first kappa shape index (κ1) is 35.0. The van der Waals surface area contributed by atoms with Crippen LogP contribution in [-0.4, -0.2) is 78.9 Å². The number of carboxylic acid groups (broad SMARTS) is 1. The molecule has 15 heteroatoms. The van der Waals surface area contributed by atoms with E-state index in [2.05, 4.69) is 30.6 Å². The van der Waals surface area contributed by atoms with E-state index in [9.17, 15) is 24.3 Å². The average Bonchev–Trinajstić information content (AvgIpc) is 3.48.